The lowest BCUT2D eigenvalue weighted by atomic mass is 10.1. The molecule has 5 nitrogen and oxygen atoms in total. The number of hydrogen-bond acceptors (Lipinski definition) is 4. The summed E-state index contributed by atoms with van der Waals surface area (Å²) in [4.78, 5) is 16.5. The van der Waals surface area contributed by atoms with Crippen molar-refractivity contribution in [2.24, 2.45) is 0 Å². The second-order valence-corrected chi connectivity index (χ2v) is 6.56. The van der Waals surface area contributed by atoms with Gasteiger partial charge in [-0.3, -0.25) is 9.89 Å². The monoisotopic (exact) mass is 352 g/mol. The van der Waals surface area contributed by atoms with Crippen LogP contribution in [0.3, 0.4) is 0 Å². The Hall–Kier alpha value is -2.60. The number of carbonyl (C=O) groups excluding carboxylic acids is 1. The molecule has 1 heterocycles. The largest absolute Gasteiger partial charge is 0.325 e. The van der Waals surface area contributed by atoms with E-state index in [1.807, 2.05) is 54.6 Å². The molecule has 1 amide bonds. The second kappa shape index (κ2) is 8.48. The normalized spacial score (nSPS) is 10.6. The van der Waals surface area contributed by atoms with Gasteiger partial charge in [-0.2, -0.15) is 0 Å². The zero-order chi connectivity index (χ0) is 17.5. The van der Waals surface area contributed by atoms with Crippen LogP contribution in [-0.4, -0.2) is 26.8 Å². The van der Waals surface area contributed by atoms with Gasteiger partial charge < -0.3 is 5.32 Å². The Bertz CT molecular complexity index is 815. The van der Waals surface area contributed by atoms with Crippen LogP contribution in [-0.2, 0) is 17.6 Å². The van der Waals surface area contributed by atoms with Gasteiger partial charge >= 0.3 is 0 Å². The predicted octanol–water partition coefficient (Wildman–Crippen LogP) is 3.69. The number of thioether (sulfide) groups is 1. The third kappa shape index (κ3) is 5.19. The van der Waals surface area contributed by atoms with Gasteiger partial charge in [0, 0.05) is 12.1 Å². The van der Waals surface area contributed by atoms with E-state index in [0.717, 1.165) is 17.9 Å². The molecule has 2 N–H and O–H groups in total. The van der Waals surface area contributed by atoms with E-state index in [1.165, 1.54) is 22.9 Å². The SMILES string of the molecule is CCc1ccc(NC(=O)CSc2n[nH]c(Cc3ccccc3)n2)cc1. The van der Waals surface area contributed by atoms with Gasteiger partial charge in [-0.15, -0.1) is 5.10 Å². The van der Waals surface area contributed by atoms with E-state index >= 15 is 0 Å². The van der Waals surface area contributed by atoms with Crippen LogP contribution in [0.4, 0.5) is 5.69 Å². The Morgan fingerprint density at radius 2 is 1.84 bits per heavy atom. The molecule has 3 aromatic rings. The summed E-state index contributed by atoms with van der Waals surface area (Å²) in [5, 5.41) is 10.6. The Morgan fingerprint density at radius 1 is 1.08 bits per heavy atom. The minimum atomic E-state index is -0.0661. The van der Waals surface area contributed by atoms with Crippen molar-refractivity contribution in [1.29, 1.82) is 0 Å². The fourth-order valence-corrected chi connectivity index (χ4v) is 2.98. The molecule has 0 spiro atoms. The molecular weight excluding hydrogens is 332 g/mol. The number of H-pyrrole nitrogens is 1. The molecule has 3 rings (SSSR count). The van der Waals surface area contributed by atoms with Gasteiger partial charge in [0.15, 0.2) is 0 Å². The molecule has 0 aliphatic carbocycles. The van der Waals surface area contributed by atoms with Gasteiger partial charge in [-0.25, -0.2) is 4.98 Å². The summed E-state index contributed by atoms with van der Waals surface area (Å²) in [6.07, 6.45) is 1.69. The van der Waals surface area contributed by atoms with Crippen molar-refractivity contribution in [2.45, 2.75) is 24.9 Å². The first-order chi connectivity index (χ1) is 12.2. The van der Waals surface area contributed by atoms with Crippen LogP contribution >= 0.6 is 11.8 Å². The van der Waals surface area contributed by atoms with Crippen LogP contribution in [0, 0.1) is 0 Å². The van der Waals surface area contributed by atoms with Crippen LogP contribution in [0.25, 0.3) is 0 Å². The number of anilines is 1. The van der Waals surface area contributed by atoms with Crippen molar-refractivity contribution in [3.05, 3.63) is 71.5 Å². The van der Waals surface area contributed by atoms with Gasteiger partial charge in [0.1, 0.15) is 5.82 Å². The highest BCUT2D eigenvalue weighted by atomic mass is 32.2. The van der Waals surface area contributed by atoms with Crippen LogP contribution < -0.4 is 5.32 Å². The number of hydrogen-bond donors (Lipinski definition) is 2. The lowest BCUT2D eigenvalue weighted by Crippen LogP contribution is -2.14. The quantitative estimate of drug-likeness (QED) is 0.636. The highest BCUT2D eigenvalue weighted by Crippen LogP contribution is 2.15. The maximum Gasteiger partial charge on any atom is 0.234 e. The van der Waals surface area contributed by atoms with E-state index in [4.69, 9.17) is 0 Å². The Balaban J connectivity index is 1.48. The number of aromatic nitrogens is 3. The number of nitrogens with one attached hydrogen (secondary N) is 2. The fraction of sp³-hybridized carbons (Fsp3) is 0.211. The van der Waals surface area contributed by atoms with Crippen LogP contribution in [0.15, 0.2) is 59.8 Å². The minimum Gasteiger partial charge on any atom is -0.325 e. The molecule has 0 aliphatic rings. The van der Waals surface area contributed by atoms with Crippen molar-refractivity contribution in [3.63, 3.8) is 0 Å². The van der Waals surface area contributed by atoms with Crippen molar-refractivity contribution in [2.75, 3.05) is 11.1 Å². The average Bonchev–Trinajstić information content (AvgIpc) is 3.09. The highest BCUT2D eigenvalue weighted by Gasteiger charge is 2.08. The van der Waals surface area contributed by atoms with E-state index in [0.29, 0.717) is 11.6 Å². The summed E-state index contributed by atoms with van der Waals surface area (Å²) in [5.41, 5.74) is 3.23. The summed E-state index contributed by atoms with van der Waals surface area (Å²) in [6.45, 7) is 2.10. The Morgan fingerprint density at radius 3 is 2.56 bits per heavy atom. The van der Waals surface area contributed by atoms with Gasteiger partial charge in [0.25, 0.3) is 0 Å². The predicted molar refractivity (Wildman–Crippen MR) is 101 cm³/mol. The van der Waals surface area contributed by atoms with E-state index in [-0.39, 0.29) is 11.7 Å². The smallest absolute Gasteiger partial charge is 0.234 e. The Labute approximate surface area is 151 Å². The zero-order valence-corrected chi connectivity index (χ0v) is 14.8. The number of nitrogens with zero attached hydrogens (tertiary/aromatic N) is 2. The summed E-state index contributed by atoms with van der Waals surface area (Å²) in [7, 11) is 0. The summed E-state index contributed by atoms with van der Waals surface area (Å²) in [6, 6.07) is 18.0. The van der Waals surface area contributed by atoms with Crippen molar-refractivity contribution in [3.8, 4) is 0 Å². The third-order valence-corrected chi connectivity index (χ3v) is 4.55. The van der Waals surface area contributed by atoms with Gasteiger partial charge in [-0.05, 0) is 29.7 Å². The lowest BCUT2D eigenvalue weighted by molar-refractivity contribution is -0.113. The van der Waals surface area contributed by atoms with Gasteiger partial charge in [-0.1, -0.05) is 61.2 Å². The van der Waals surface area contributed by atoms with Crippen LogP contribution in [0.1, 0.15) is 23.9 Å². The molecule has 0 fully saturated rings. The molecule has 0 saturated heterocycles. The standard InChI is InChI=1S/C19H20N4OS/c1-2-14-8-10-16(11-9-14)20-18(24)13-25-19-21-17(22-23-19)12-15-6-4-3-5-7-15/h3-11H,2,12-13H2,1H3,(H,20,24)(H,21,22,23). The first-order valence-electron chi connectivity index (χ1n) is 8.19. The maximum absolute atomic E-state index is 12.0. The molecule has 25 heavy (non-hydrogen) atoms. The summed E-state index contributed by atoms with van der Waals surface area (Å²) >= 11 is 1.32. The van der Waals surface area contributed by atoms with Crippen LogP contribution in [0.2, 0.25) is 0 Å². The Kier molecular flexibility index (Phi) is 5.85. The molecule has 2 aromatic carbocycles. The number of carbonyl (C=O) groups is 1. The van der Waals surface area contributed by atoms with Gasteiger partial charge in [0.2, 0.25) is 11.1 Å². The minimum absolute atomic E-state index is 0.0661. The lowest BCUT2D eigenvalue weighted by Gasteiger charge is -2.04. The maximum atomic E-state index is 12.0. The van der Waals surface area contributed by atoms with Gasteiger partial charge in [0.05, 0.1) is 5.75 Å². The molecule has 0 unspecified atom stereocenters. The number of aryl methyl sites for hydroxylation is 1. The van der Waals surface area contributed by atoms with E-state index in [2.05, 4.69) is 27.4 Å². The number of amides is 1. The van der Waals surface area contributed by atoms with E-state index in [9.17, 15) is 4.79 Å². The zero-order valence-electron chi connectivity index (χ0n) is 14.0. The number of rotatable bonds is 7. The van der Waals surface area contributed by atoms with E-state index < -0.39 is 0 Å². The number of aromatic amines is 1. The third-order valence-electron chi connectivity index (χ3n) is 3.70. The van der Waals surface area contributed by atoms with Crippen molar-refractivity contribution < 1.29 is 4.79 Å². The summed E-state index contributed by atoms with van der Waals surface area (Å²) < 4.78 is 0. The fourth-order valence-electron chi connectivity index (χ4n) is 2.36. The second-order valence-electron chi connectivity index (χ2n) is 5.61. The molecular formula is C19H20N4OS. The van der Waals surface area contributed by atoms with E-state index in [1.54, 1.807) is 0 Å². The first-order valence-corrected chi connectivity index (χ1v) is 9.18. The van der Waals surface area contributed by atoms with Crippen molar-refractivity contribution >= 4 is 23.4 Å². The first kappa shape index (κ1) is 17.2. The topological polar surface area (TPSA) is 70.7 Å². The van der Waals surface area contributed by atoms with Crippen molar-refractivity contribution in [1.82, 2.24) is 15.2 Å². The molecule has 6 heteroatoms. The molecule has 0 bridgehead atoms. The number of benzene rings is 2. The summed E-state index contributed by atoms with van der Waals surface area (Å²) in [5.74, 6) is 1.01. The molecule has 128 valence electrons. The average molecular weight is 352 g/mol. The highest BCUT2D eigenvalue weighted by molar-refractivity contribution is 7.99. The molecule has 1 aromatic heterocycles. The molecule has 0 aliphatic heterocycles. The molecule has 0 radical (unpaired) electrons. The molecule has 0 saturated carbocycles. The molecule has 0 atom stereocenters. The van der Waals surface area contributed by atoms with Crippen LogP contribution in [0.5, 0.6) is 0 Å².